The topological polar surface area (TPSA) is 80.1 Å². The molecule has 0 aliphatic heterocycles. The van der Waals surface area contributed by atoms with Crippen molar-refractivity contribution >= 4 is 17.0 Å². The number of carbonyl (C=O) groups is 1. The molecule has 28 heavy (non-hydrogen) atoms. The van der Waals surface area contributed by atoms with Crippen LogP contribution in [0.25, 0.3) is 16.7 Å². The number of benzene rings is 3. The summed E-state index contributed by atoms with van der Waals surface area (Å²) in [5.41, 5.74) is 3.52. The Morgan fingerprint density at radius 1 is 0.964 bits per heavy atom. The summed E-state index contributed by atoms with van der Waals surface area (Å²) in [5, 5.41) is 20.6. The quantitative estimate of drug-likeness (QED) is 0.440. The van der Waals surface area contributed by atoms with Crippen LogP contribution in [0.4, 0.5) is 0 Å². The van der Waals surface area contributed by atoms with Gasteiger partial charge in [0.25, 0.3) is 0 Å². The second kappa shape index (κ2) is 8.56. The van der Waals surface area contributed by atoms with Gasteiger partial charge >= 0.3 is 29.6 Å². The minimum absolute atomic E-state index is 0. The normalized spacial score (nSPS) is 11.6. The van der Waals surface area contributed by atoms with Gasteiger partial charge in [0.15, 0.2) is 6.10 Å². The molecule has 7 heteroatoms. The summed E-state index contributed by atoms with van der Waals surface area (Å²) >= 11 is 0. The Bertz CT molecular complexity index is 1080. The van der Waals surface area contributed by atoms with E-state index in [9.17, 15) is 9.90 Å². The standard InChI is InChI=1S/C21H17N3O3.Na/c1-14-11-12-19(27-20(21(25)26)15-7-3-2-4-8-15)18(13-14)24-22-16-9-5-6-10-17(16)23-24;/h2-13,20H,1H3,(H,25,26);/q;+1/p-1. The third-order valence-electron chi connectivity index (χ3n) is 4.18. The molecule has 6 nitrogen and oxygen atoms in total. The van der Waals surface area contributed by atoms with Crippen molar-refractivity contribution in [2.24, 2.45) is 0 Å². The van der Waals surface area contributed by atoms with Crippen LogP contribution in [-0.2, 0) is 4.79 Å². The molecule has 1 aromatic heterocycles. The Labute approximate surface area is 184 Å². The number of aliphatic carboxylic acids is 1. The first kappa shape index (κ1) is 20.1. The second-order valence-corrected chi connectivity index (χ2v) is 6.18. The number of nitrogens with zero attached hydrogens (tertiary/aromatic N) is 3. The summed E-state index contributed by atoms with van der Waals surface area (Å²) in [6.45, 7) is 1.93. The molecule has 1 atom stereocenters. The van der Waals surface area contributed by atoms with E-state index in [0.717, 1.165) is 16.6 Å². The molecule has 3 aromatic carbocycles. The first-order valence-corrected chi connectivity index (χ1v) is 8.47. The molecule has 4 aromatic rings. The maximum atomic E-state index is 11.7. The van der Waals surface area contributed by atoms with E-state index in [1.165, 1.54) is 4.80 Å². The van der Waals surface area contributed by atoms with Crippen molar-refractivity contribution in [1.82, 2.24) is 15.0 Å². The summed E-state index contributed by atoms with van der Waals surface area (Å²) in [7, 11) is 0. The van der Waals surface area contributed by atoms with Gasteiger partial charge in [-0.25, -0.2) is 0 Å². The van der Waals surface area contributed by atoms with Gasteiger partial charge in [0.2, 0.25) is 0 Å². The predicted octanol–water partition coefficient (Wildman–Crippen LogP) is -0.397. The Morgan fingerprint density at radius 3 is 2.18 bits per heavy atom. The van der Waals surface area contributed by atoms with Gasteiger partial charge in [-0.05, 0) is 42.3 Å². The molecule has 0 spiro atoms. The third-order valence-corrected chi connectivity index (χ3v) is 4.18. The predicted molar refractivity (Wildman–Crippen MR) is 98.4 cm³/mol. The van der Waals surface area contributed by atoms with Gasteiger partial charge in [-0.15, -0.1) is 15.0 Å². The fraction of sp³-hybridized carbons (Fsp3) is 0.0952. The Morgan fingerprint density at radius 2 is 1.57 bits per heavy atom. The number of carbonyl (C=O) groups excluding carboxylic acids is 1. The van der Waals surface area contributed by atoms with Gasteiger partial charge in [0.1, 0.15) is 22.5 Å². The maximum Gasteiger partial charge on any atom is 1.00 e. The first-order valence-electron chi connectivity index (χ1n) is 8.47. The van der Waals surface area contributed by atoms with E-state index < -0.39 is 12.1 Å². The fourth-order valence-electron chi connectivity index (χ4n) is 2.86. The number of hydrogen-bond donors (Lipinski definition) is 0. The summed E-state index contributed by atoms with van der Waals surface area (Å²) in [5.74, 6) is -0.953. The average molecular weight is 381 g/mol. The number of rotatable bonds is 5. The van der Waals surface area contributed by atoms with Crippen molar-refractivity contribution in [2.45, 2.75) is 13.0 Å². The van der Waals surface area contributed by atoms with Crippen LogP contribution in [0.3, 0.4) is 0 Å². The summed E-state index contributed by atoms with van der Waals surface area (Å²) < 4.78 is 5.84. The molecular formula is C21H16N3NaO3. The number of carboxylic acid groups (broad SMARTS) is 1. The molecule has 0 fully saturated rings. The van der Waals surface area contributed by atoms with Gasteiger partial charge < -0.3 is 14.6 Å². The zero-order valence-electron chi connectivity index (χ0n) is 15.6. The fourth-order valence-corrected chi connectivity index (χ4v) is 2.86. The molecular weight excluding hydrogens is 365 g/mol. The number of ether oxygens (including phenoxy) is 1. The Balaban J connectivity index is 0.00000225. The monoisotopic (exact) mass is 381 g/mol. The van der Waals surface area contributed by atoms with Crippen LogP contribution in [0.15, 0.2) is 72.8 Å². The number of aromatic nitrogens is 3. The second-order valence-electron chi connectivity index (χ2n) is 6.18. The number of aryl methyl sites for hydroxylation is 1. The van der Waals surface area contributed by atoms with Gasteiger partial charge in [0, 0.05) is 0 Å². The van der Waals surface area contributed by atoms with Crippen molar-refractivity contribution < 1.29 is 44.2 Å². The number of carboxylic acids is 1. The molecule has 1 unspecified atom stereocenters. The summed E-state index contributed by atoms with van der Waals surface area (Å²) in [6, 6.07) is 21.6. The van der Waals surface area contributed by atoms with Crippen LogP contribution in [0.1, 0.15) is 17.2 Å². The zero-order valence-corrected chi connectivity index (χ0v) is 17.6. The van der Waals surface area contributed by atoms with Crippen LogP contribution in [-0.4, -0.2) is 21.0 Å². The largest absolute Gasteiger partial charge is 1.00 e. The van der Waals surface area contributed by atoms with Gasteiger partial charge in [0.05, 0.1) is 5.97 Å². The molecule has 0 amide bonds. The smallest absolute Gasteiger partial charge is 0.546 e. The van der Waals surface area contributed by atoms with Gasteiger partial charge in [-0.3, -0.25) is 0 Å². The molecule has 134 valence electrons. The van der Waals surface area contributed by atoms with Crippen LogP contribution in [0.5, 0.6) is 5.75 Å². The molecule has 0 saturated carbocycles. The van der Waals surface area contributed by atoms with E-state index in [2.05, 4.69) is 10.2 Å². The molecule has 4 rings (SSSR count). The molecule has 1 heterocycles. The molecule has 0 bridgehead atoms. The van der Waals surface area contributed by atoms with Crippen LogP contribution >= 0.6 is 0 Å². The van der Waals surface area contributed by atoms with E-state index >= 15 is 0 Å². The molecule has 0 aliphatic rings. The van der Waals surface area contributed by atoms with E-state index in [1.807, 2.05) is 49.4 Å². The van der Waals surface area contributed by atoms with E-state index in [1.54, 1.807) is 30.3 Å². The van der Waals surface area contributed by atoms with Crippen molar-refractivity contribution in [3.05, 3.63) is 83.9 Å². The molecule has 0 aliphatic carbocycles. The van der Waals surface area contributed by atoms with Crippen molar-refractivity contribution in [3.63, 3.8) is 0 Å². The van der Waals surface area contributed by atoms with Gasteiger partial charge in [-0.1, -0.05) is 48.5 Å². The van der Waals surface area contributed by atoms with E-state index in [4.69, 9.17) is 4.74 Å². The molecule has 0 radical (unpaired) electrons. The van der Waals surface area contributed by atoms with E-state index in [-0.39, 0.29) is 29.6 Å². The van der Waals surface area contributed by atoms with Gasteiger partial charge in [-0.2, -0.15) is 0 Å². The average Bonchev–Trinajstić information content (AvgIpc) is 3.11. The maximum absolute atomic E-state index is 11.7. The number of hydrogen-bond acceptors (Lipinski definition) is 5. The summed E-state index contributed by atoms with van der Waals surface area (Å²) in [6.07, 6.45) is -1.24. The van der Waals surface area contributed by atoms with Crippen LogP contribution in [0.2, 0.25) is 0 Å². The van der Waals surface area contributed by atoms with Crippen molar-refractivity contribution in [2.75, 3.05) is 0 Å². The van der Waals surface area contributed by atoms with E-state index in [0.29, 0.717) is 17.0 Å². The van der Waals surface area contributed by atoms with Crippen LogP contribution in [0, 0.1) is 6.92 Å². The number of fused-ring (bicyclic) bond motifs is 1. The zero-order chi connectivity index (χ0) is 18.8. The van der Waals surface area contributed by atoms with Crippen molar-refractivity contribution in [3.8, 4) is 11.4 Å². The van der Waals surface area contributed by atoms with Crippen LogP contribution < -0.4 is 39.4 Å². The molecule has 0 saturated heterocycles. The Hall–Kier alpha value is -2.67. The minimum Gasteiger partial charge on any atom is -0.546 e. The first-order chi connectivity index (χ1) is 13.1. The van der Waals surface area contributed by atoms with Crippen molar-refractivity contribution in [1.29, 1.82) is 0 Å². The third kappa shape index (κ3) is 4.09. The molecule has 0 N–H and O–H groups in total. The Kier molecular flexibility index (Phi) is 6.14. The summed E-state index contributed by atoms with van der Waals surface area (Å²) in [4.78, 5) is 13.1. The minimum atomic E-state index is -1.31. The SMILES string of the molecule is Cc1ccc(OC(C(=O)[O-])c2ccccc2)c(-n2nc3ccccc3n2)c1.[Na+].